The summed E-state index contributed by atoms with van der Waals surface area (Å²) in [6.07, 6.45) is 7.55. The van der Waals surface area contributed by atoms with Gasteiger partial charge in [0, 0.05) is 6.04 Å². The van der Waals surface area contributed by atoms with E-state index in [0.29, 0.717) is 23.2 Å². The van der Waals surface area contributed by atoms with Crippen LogP contribution in [0.1, 0.15) is 25.0 Å². The average molecular weight is 239 g/mol. The van der Waals surface area contributed by atoms with Gasteiger partial charge >= 0.3 is 0 Å². The van der Waals surface area contributed by atoms with Crippen molar-refractivity contribution in [2.75, 3.05) is 11.1 Å². The minimum atomic E-state index is 0.237. The van der Waals surface area contributed by atoms with Crippen LogP contribution in [0.2, 0.25) is 5.28 Å². The molecule has 0 saturated carbocycles. The van der Waals surface area contributed by atoms with Crippen LogP contribution in [0.15, 0.2) is 12.2 Å². The van der Waals surface area contributed by atoms with Gasteiger partial charge in [-0.25, -0.2) is 4.98 Å². The summed E-state index contributed by atoms with van der Waals surface area (Å²) < 4.78 is 0. The van der Waals surface area contributed by atoms with Crippen molar-refractivity contribution in [1.29, 1.82) is 0 Å². The number of anilines is 2. The van der Waals surface area contributed by atoms with E-state index in [0.717, 1.165) is 19.3 Å². The molecule has 5 heteroatoms. The van der Waals surface area contributed by atoms with Gasteiger partial charge in [0.2, 0.25) is 5.28 Å². The monoisotopic (exact) mass is 238 g/mol. The van der Waals surface area contributed by atoms with Gasteiger partial charge in [0.05, 0.1) is 11.4 Å². The second-order valence-corrected chi connectivity index (χ2v) is 4.30. The second kappa shape index (κ2) is 4.70. The summed E-state index contributed by atoms with van der Waals surface area (Å²) in [5.74, 6) is 0.651. The van der Waals surface area contributed by atoms with Crippen LogP contribution in [-0.2, 0) is 0 Å². The molecule has 1 atom stereocenters. The fourth-order valence-electron chi connectivity index (χ4n) is 1.78. The van der Waals surface area contributed by atoms with E-state index in [9.17, 15) is 0 Å². The number of aromatic nitrogens is 2. The first-order chi connectivity index (χ1) is 7.66. The maximum Gasteiger partial charge on any atom is 0.224 e. The first kappa shape index (κ1) is 11.2. The van der Waals surface area contributed by atoms with Crippen molar-refractivity contribution in [1.82, 2.24) is 9.97 Å². The number of rotatable bonds is 2. The number of nitrogens with two attached hydrogens (primary N) is 1. The molecule has 0 fully saturated rings. The Labute approximate surface area is 99.9 Å². The van der Waals surface area contributed by atoms with Crippen LogP contribution in [-0.4, -0.2) is 16.0 Å². The minimum Gasteiger partial charge on any atom is -0.394 e. The van der Waals surface area contributed by atoms with Gasteiger partial charge in [-0.3, -0.25) is 0 Å². The molecule has 0 saturated heterocycles. The second-order valence-electron chi connectivity index (χ2n) is 3.97. The Kier molecular flexibility index (Phi) is 3.29. The fraction of sp³-hybridized carbons (Fsp3) is 0.455. The predicted octanol–water partition coefficient (Wildman–Crippen LogP) is 2.54. The van der Waals surface area contributed by atoms with Crippen LogP contribution < -0.4 is 11.1 Å². The summed E-state index contributed by atoms with van der Waals surface area (Å²) in [6.45, 7) is 1.83. The molecule has 0 aliphatic heterocycles. The average Bonchev–Trinajstić information content (AvgIpc) is 2.27. The van der Waals surface area contributed by atoms with E-state index in [-0.39, 0.29) is 5.28 Å². The number of nitrogens with one attached hydrogen (secondary N) is 1. The summed E-state index contributed by atoms with van der Waals surface area (Å²) in [4.78, 5) is 8.12. The van der Waals surface area contributed by atoms with E-state index in [1.54, 1.807) is 0 Å². The van der Waals surface area contributed by atoms with E-state index >= 15 is 0 Å². The van der Waals surface area contributed by atoms with E-state index < -0.39 is 0 Å². The lowest BCUT2D eigenvalue weighted by molar-refractivity contribution is 0.642. The van der Waals surface area contributed by atoms with E-state index in [2.05, 4.69) is 27.4 Å². The largest absolute Gasteiger partial charge is 0.394 e. The molecule has 1 aliphatic carbocycles. The number of halogens is 1. The van der Waals surface area contributed by atoms with Gasteiger partial charge < -0.3 is 11.1 Å². The number of hydrogen-bond donors (Lipinski definition) is 2. The van der Waals surface area contributed by atoms with Crippen molar-refractivity contribution >= 4 is 23.1 Å². The van der Waals surface area contributed by atoms with E-state index in [1.807, 2.05) is 6.92 Å². The van der Waals surface area contributed by atoms with Crippen LogP contribution >= 0.6 is 11.6 Å². The minimum absolute atomic E-state index is 0.237. The summed E-state index contributed by atoms with van der Waals surface area (Å²) in [7, 11) is 0. The third-order valence-corrected chi connectivity index (χ3v) is 2.89. The van der Waals surface area contributed by atoms with Crippen molar-refractivity contribution in [2.45, 2.75) is 32.2 Å². The Morgan fingerprint density at radius 2 is 2.25 bits per heavy atom. The molecule has 2 rings (SSSR count). The zero-order chi connectivity index (χ0) is 11.5. The normalized spacial score (nSPS) is 19.8. The quantitative estimate of drug-likeness (QED) is 0.614. The zero-order valence-corrected chi connectivity index (χ0v) is 9.96. The first-order valence-electron chi connectivity index (χ1n) is 5.38. The van der Waals surface area contributed by atoms with Gasteiger partial charge in [0.1, 0.15) is 0 Å². The molecule has 1 aromatic heterocycles. The van der Waals surface area contributed by atoms with Gasteiger partial charge in [-0.2, -0.15) is 4.98 Å². The molecule has 4 nitrogen and oxygen atoms in total. The standard InChI is InChI=1S/C11H15ClN4/c1-7-9(13)10(16-11(12)14-7)15-8-5-3-2-4-6-8/h2-3,8H,4-6,13H2,1H3,(H,14,15,16). The molecule has 0 radical (unpaired) electrons. The Morgan fingerprint density at radius 3 is 2.94 bits per heavy atom. The molecular formula is C11H15ClN4. The lowest BCUT2D eigenvalue weighted by atomic mass is 10.0. The molecule has 16 heavy (non-hydrogen) atoms. The Bertz CT molecular complexity index is 417. The molecule has 1 aliphatic rings. The Balaban J connectivity index is 2.17. The number of nitrogens with zero attached hydrogens (tertiary/aromatic N) is 2. The molecule has 86 valence electrons. The molecular weight excluding hydrogens is 224 g/mol. The summed E-state index contributed by atoms with van der Waals surface area (Å²) >= 11 is 5.81. The van der Waals surface area contributed by atoms with Crippen LogP contribution in [0.4, 0.5) is 11.5 Å². The smallest absolute Gasteiger partial charge is 0.224 e. The predicted molar refractivity (Wildman–Crippen MR) is 66.6 cm³/mol. The highest BCUT2D eigenvalue weighted by Crippen LogP contribution is 2.23. The Hall–Kier alpha value is -1.29. The topological polar surface area (TPSA) is 63.8 Å². The highest BCUT2D eigenvalue weighted by molar-refractivity contribution is 6.28. The van der Waals surface area contributed by atoms with Crippen molar-refractivity contribution in [3.8, 4) is 0 Å². The third kappa shape index (κ3) is 2.44. The van der Waals surface area contributed by atoms with Crippen LogP contribution in [0.3, 0.4) is 0 Å². The third-order valence-electron chi connectivity index (χ3n) is 2.72. The maximum absolute atomic E-state index is 5.90. The van der Waals surface area contributed by atoms with Crippen LogP contribution in [0, 0.1) is 6.92 Å². The number of hydrogen-bond acceptors (Lipinski definition) is 4. The van der Waals surface area contributed by atoms with Gasteiger partial charge in [-0.1, -0.05) is 12.2 Å². The van der Waals surface area contributed by atoms with Crippen molar-refractivity contribution < 1.29 is 0 Å². The van der Waals surface area contributed by atoms with Gasteiger partial charge in [0.25, 0.3) is 0 Å². The van der Waals surface area contributed by atoms with Gasteiger partial charge in [-0.05, 0) is 37.8 Å². The van der Waals surface area contributed by atoms with Crippen molar-refractivity contribution in [3.05, 3.63) is 23.1 Å². The van der Waals surface area contributed by atoms with Crippen molar-refractivity contribution in [2.24, 2.45) is 0 Å². The van der Waals surface area contributed by atoms with E-state index in [4.69, 9.17) is 17.3 Å². The molecule has 0 bridgehead atoms. The van der Waals surface area contributed by atoms with Gasteiger partial charge in [-0.15, -0.1) is 0 Å². The van der Waals surface area contributed by atoms with Gasteiger partial charge in [0.15, 0.2) is 5.82 Å². The molecule has 3 N–H and O–H groups in total. The highest BCUT2D eigenvalue weighted by atomic mass is 35.5. The van der Waals surface area contributed by atoms with Crippen LogP contribution in [0.5, 0.6) is 0 Å². The number of allylic oxidation sites excluding steroid dienone is 1. The zero-order valence-electron chi connectivity index (χ0n) is 9.20. The lowest BCUT2D eigenvalue weighted by Crippen LogP contribution is -2.22. The number of aryl methyl sites for hydroxylation is 1. The molecule has 0 aromatic carbocycles. The molecule has 0 amide bonds. The SMILES string of the molecule is Cc1nc(Cl)nc(NC2CC=CCC2)c1N. The summed E-state index contributed by atoms with van der Waals surface area (Å²) in [5, 5.41) is 3.56. The molecule has 1 aromatic rings. The number of nitrogen functional groups attached to an aromatic ring is 1. The summed E-state index contributed by atoms with van der Waals surface area (Å²) in [6, 6.07) is 0.387. The molecule has 1 heterocycles. The summed E-state index contributed by atoms with van der Waals surface area (Å²) in [5.41, 5.74) is 7.20. The molecule has 0 spiro atoms. The lowest BCUT2D eigenvalue weighted by Gasteiger charge is -2.21. The highest BCUT2D eigenvalue weighted by Gasteiger charge is 2.14. The fourth-order valence-corrected chi connectivity index (χ4v) is 1.99. The van der Waals surface area contributed by atoms with E-state index in [1.165, 1.54) is 0 Å². The first-order valence-corrected chi connectivity index (χ1v) is 5.76. The molecule has 1 unspecified atom stereocenters. The van der Waals surface area contributed by atoms with Crippen LogP contribution in [0.25, 0.3) is 0 Å². The van der Waals surface area contributed by atoms with Crippen molar-refractivity contribution in [3.63, 3.8) is 0 Å². The maximum atomic E-state index is 5.90. The Morgan fingerprint density at radius 1 is 1.44 bits per heavy atom.